The van der Waals surface area contributed by atoms with Gasteiger partial charge in [0.2, 0.25) is 11.8 Å². The molecule has 1 aliphatic rings. The maximum atomic E-state index is 13.2. The van der Waals surface area contributed by atoms with Crippen LogP contribution in [0.2, 0.25) is 0 Å². The molecule has 35 heavy (non-hydrogen) atoms. The van der Waals surface area contributed by atoms with E-state index in [0.29, 0.717) is 59.3 Å². The third kappa shape index (κ3) is 8.92. The molecule has 8 heteroatoms. The largest absolute Gasteiger partial charge is 0.378 e. The van der Waals surface area contributed by atoms with Gasteiger partial charge in [0.15, 0.2) is 0 Å². The summed E-state index contributed by atoms with van der Waals surface area (Å²) in [6.07, 6.45) is 4.37. The Morgan fingerprint density at radius 1 is 0.800 bits per heavy atom. The van der Waals surface area contributed by atoms with Crippen LogP contribution >= 0.6 is 0 Å². The summed E-state index contributed by atoms with van der Waals surface area (Å²) in [5, 5.41) is 2.80. The summed E-state index contributed by atoms with van der Waals surface area (Å²) >= 11 is 0. The number of carbonyl (C=O) groups is 2. The Bertz CT molecular complexity index is 979. The van der Waals surface area contributed by atoms with E-state index in [1.54, 1.807) is 4.90 Å². The molecule has 0 fully saturated rings. The Morgan fingerprint density at radius 2 is 1.43 bits per heavy atom. The van der Waals surface area contributed by atoms with Crippen LogP contribution in [0, 0.1) is 0 Å². The highest BCUT2D eigenvalue weighted by atomic mass is 16.5. The molecule has 0 saturated heterocycles. The number of amides is 2. The highest BCUT2D eigenvalue weighted by Crippen LogP contribution is 2.29. The number of nitrogens with two attached hydrogens (primary N) is 1. The molecule has 0 unspecified atom stereocenters. The van der Waals surface area contributed by atoms with Crippen molar-refractivity contribution in [3.8, 4) is 0 Å². The summed E-state index contributed by atoms with van der Waals surface area (Å²) in [5.41, 5.74) is 9.32. The van der Waals surface area contributed by atoms with Crippen LogP contribution in [-0.2, 0) is 30.3 Å². The number of nitrogens with zero attached hydrogens (tertiary/aromatic N) is 1. The van der Waals surface area contributed by atoms with Gasteiger partial charge in [0, 0.05) is 25.9 Å². The van der Waals surface area contributed by atoms with Gasteiger partial charge in [0.25, 0.3) is 0 Å². The molecule has 2 aromatic carbocycles. The summed E-state index contributed by atoms with van der Waals surface area (Å²) in [6, 6.07) is 15.9. The van der Waals surface area contributed by atoms with Crippen LogP contribution in [0.1, 0.15) is 29.5 Å². The standard InChI is InChI=1S/C27H35N3O5/c28-13-15-33-17-19-35-20-18-34-16-14-29-26(31)11-12-27(32)30-21-24-7-2-1-5-22(24)9-10-23-6-3-4-8-25(23)30/h1-10H,11-21,28H2,(H,29,31)/b10-9-. The average Bonchev–Trinajstić information content (AvgIpc) is 2.87. The van der Waals surface area contributed by atoms with Gasteiger partial charge in [0.05, 0.1) is 51.9 Å². The number of nitrogens with one attached hydrogen (secondary N) is 1. The molecular formula is C27H35N3O5. The van der Waals surface area contributed by atoms with E-state index in [-0.39, 0.29) is 24.7 Å². The fourth-order valence-corrected chi connectivity index (χ4v) is 3.70. The number of hydrogen-bond acceptors (Lipinski definition) is 6. The van der Waals surface area contributed by atoms with Gasteiger partial charge >= 0.3 is 0 Å². The predicted molar refractivity (Wildman–Crippen MR) is 137 cm³/mol. The lowest BCUT2D eigenvalue weighted by atomic mass is 10.0. The van der Waals surface area contributed by atoms with E-state index in [4.69, 9.17) is 19.9 Å². The molecule has 0 saturated carbocycles. The van der Waals surface area contributed by atoms with E-state index >= 15 is 0 Å². The normalized spacial score (nSPS) is 13.3. The maximum Gasteiger partial charge on any atom is 0.227 e. The monoisotopic (exact) mass is 481 g/mol. The first kappa shape index (κ1) is 26.6. The molecule has 0 spiro atoms. The molecular weight excluding hydrogens is 446 g/mol. The number of fused-ring (bicyclic) bond motifs is 2. The number of benzene rings is 2. The van der Waals surface area contributed by atoms with Crippen LogP contribution in [0.4, 0.5) is 5.69 Å². The minimum atomic E-state index is -0.170. The van der Waals surface area contributed by atoms with Crippen molar-refractivity contribution < 1.29 is 23.8 Å². The molecule has 1 aliphatic heterocycles. The van der Waals surface area contributed by atoms with Crippen LogP contribution in [0.25, 0.3) is 12.2 Å². The van der Waals surface area contributed by atoms with E-state index in [9.17, 15) is 9.59 Å². The number of para-hydroxylation sites is 1. The van der Waals surface area contributed by atoms with Gasteiger partial charge in [-0.15, -0.1) is 0 Å². The van der Waals surface area contributed by atoms with Crippen molar-refractivity contribution in [2.75, 3.05) is 57.6 Å². The highest BCUT2D eigenvalue weighted by Gasteiger charge is 2.21. The molecule has 188 valence electrons. The van der Waals surface area contributed by atoms with E-state index in [1.807, 2.05) is 54.6 Å². The Morgan fingerprint density at radius 3 is 2.20 bits per heavy atom. The van der Waals surface area contributed by atoms with Gasteiger partial charge in [-0.1, -0.05) is 54.6 Å². The molecule has 2 aromatic rings. The minimum absolute atomic E-state index is 0.0819. The third-order valence-electron chi connectivity index (χ3n) is 5.50. The van der Waals surface area contributed by atoms with Crippen LogP contribution < -0.4 is 16.0 Å². The lowest BCUT2D eigenvalue weighted by Crippen LogP contribution is -2.33. The lowest BCUT2D eigenvalue weighted by molar-refractivity contribution is -0.125. The second kappa shape index (κ2) is 15.1. The van der Waals surface area contributed by atoms with Gasteiger partial charge in [-0.25, -0.2) is 0 Å². The lowest BCUT2D eigenvalue weighted by Gasteiger charge is -2.27. The minimum Gasteiger partial charge on any atom is -0.378 e. The summed E-state index contributed by atoms with van der Waals surface area (Å²) < 4.78 is 16.0. The summed E-state index contributed by atoms with van der Waals surface area (Å²) in [7, 11) is 0. The molecule has 0 bridgehead atoms. The number of rotatable bonds is 14. The van der Waals surface area contributed by atoms with Crippen LogP contribution in [0.5, 0.6) is 0 Å². The molecule has 1 heterocycles. The Balaban J connectivity index is 1.39. The molecule has 2 amide bonds. The fourth-order valence-electron chi connectivity index (χ4n) is 3.70. The van der Waals surface area contributed by atoms with Crippen molar-refractivity contribution >= 4 is 29.7 Å². The number of anilines is 1. The number of carbonyl (C=O) groups excluding carboxylic acids is 2. The molecule has 3 rings (SSSR count). The Labute approximate surface area is 207 Å². The van der Waals surface area contributed by atoms with Crippen molar-refractivity contribution in [2.24, 2.45) is 5.73 Å². The zero-order chi connectivity index (χ0) is 24.7. The van der Waals surface area contributed by atoms with Crippen molar-refractivity contribution in [1.29, 1.82) is 0 Å². The van der Waals surface area contributed by atoms with Crippen LogP contribution in [0.15, 0.2) is 48.5 Å². The molecule has 8 nitrogen and oxygen atoms in total. The SMILES string of the molecule is NCCOCCOCCOCCNC(=O)CCC(=O)N1Cc2ccccc2/C=C\c2ccccc21. The number of hydrogen-bond donors (Lipinski definition) is 2. The molecule has 0 atom stereocenters. The van der Waals surface area contributed by atoms with Crippen molar-refractivity contribution in [1.82, 2.24) is 5.32 Å². The Kier molecular flexibility index (Phi) is 11.4. The third-order valence-corrected chi connectivity index (χ3v) is 5.50. The zero-order valence-electron chi connectivity index (χ0n) is 20.1. The molecule has 0 aromatic heterocycles. The first-order valence-corrected chi connectivity index (χ1v) is 12.0. The van der Waals surface area contributed by atoms with Gasteiger partial charge in [-0.3, -0.25) is 9.59 Å². The predicted octanol–water partition coefficient (Wildman–Crippen LogP) is 2.61. The first-order chi connectivity index (χ1) is 17.2. The second-order valence-corrected chi connectivity index (χ2v) is 8.05. The van der Waals surface area contributed by atoms with Crippen molar-refractivity contribution in [2.45, 2.75) is 19.4 Å². The van der Waals surface area contributed by atoms with E-state index in [0.717, 1.165) is 22.4 Å². The molecule has 3 N–H and O–H groups in total. The second-order valence-electron chi connectivity index (χ2n) is 8.05. The van der Waals surface area contributed by atoms with E-state index in [1.165, 1.54) is 0 Å². The topological polar surface area (TPSA) is 103 Å². The van der Waals surface area contributed by atoms with Crippen molar-refractivity contribution in [3.63, 3.8) is 0 Å². The fraction of sp³-hybridized carbons (Fsp3) is 0.407. The molecule has 0 aliphatic carbocycles. The van der Waals surface area contributed by atoms with Gasteiger partial charge in [-0.05, 0) is 22.8 Å². The Hall–Kier alpha value is -3.04. The van der Waals surface area contributed by atoms with Crippen LogP contribution in [0.3, 0.4) is 0 Å². The van der Waals surface area contributed by atoms with Gasteiger partial charge in [0.1, 0.15) is 0 Å². The first-order valence-electron chi connectivity index (χ1n) is 12.0. The maximum absolute atomic E-state index is 13.2. The van der Waals surface area contributed by atoms with E-state index < -0.39 is 0 Å². The quantitative estimate of drug-likeness (QED) is 0.402. The van der Waals surface area contributed by atoms with Gasteiger partial charge < -0.3 is 30.2 Å². The highest BCUT2D eigenvalue weighted by molar-refractivity contribution is 5.98. The molecule has 0 radical (unpaired) electrons. The smallest absolute Gasteiger partial charge is 0.227 e. The van der Waals surface area contributed by atoms with E-state index in [2.05, 4.69) is 11.4 Å². The summed E-state index contributed by atoms with van der Waals surface area (Å²) in [4.78, 5) is 27.2. The van der Waals surface area contributed by atoms with Crippen molar-refractivity contribution in [3.05, 3.63) is 65.2 Å². The average molecular weight is 482 g/mol. The van der Waals surface area contributed by atoms with Gasteiger partial charge in [-0.2, -0.15) is 0 Å². The number of ether oxygens (including phenoxy) is 3. The summed E-state index contributed by atoms with van der Waals surface area (Å²) in [5.74, 6) is -0.252. The van der Waals surface area contributed by atoms with Crippen LogP contribution in [-0.4, -0.2) is 64.5 Å². The zero-order valence-corrected chi connectivity index (χ0v) is 20.1. The summed E-state index contributed by atoms with van der Waals surface area (Å²) in [6.45, 7) is 4.18.